The number of piperazine rings is 1. The topological polar surface area (TPSA) is 76.2 Å². The molecule has 9 heteroatoms. The van der Waals surface area contributed by atoms with Crippen molar-refractivity contribution in [3.63, 3.8) is 0 Å². The van der Waals surface area contributed by atoms with E-state index in [-0.39, 0.29) is 16.6 Å². The van der Waals surface area contributed by atoms with Gasteiger partial charge in [-0.15, -0.1) is 0 Å². The minimum atomic E-state index is -3.41. The molecule has 1 saturated heterocycles. The summed E-state index contributed by atoms with van der Waals surface area (Å²) in [6.07, 6.45) is 0. The maximum Gasteiger partial charge on any atom is 0.327 e. The number of esters is 1. The summed E-state index contributed by atoms with van der Waals surface area (Å²) in [5.74, 6) is 0.177. The largest absolute Gasteiger partial charge is 0.497 e. The maximum atomic E-state index is 12.7. The Hall–Kier alpha value is -2.13. The van der Waals surface area contributed by atoms with E-state index in [4.69, 9.17) is 21.1 Å². The predicted octanol–water partition coefficient (Wildman–Crippen LogP) is 2.65. The molecule has 0 saturated carbocycles. The van der Waals surface area contributed by atoms with Gasteiger partial charge in [-0.2, -0.15) is 0 Å². The van der Waals surface area contributed by atoms with Crippen molar-refractivity contribution < 1.29 is 22.7 Å². The molecule has 0 radical (unpaired) electrons. The van der Waals surface area contributed by atoms with Gasteiger partial charge in [-0.3, -0.25) is 9.80 Å². The van der Waals surface area contributed by atoms with E-state index >= 15 is 0 Å². The van der Waals surface area contributed by atoms with Gasteiger partial charge in [-0.1, -0.05) is 35.9 Å². The highest BCUT2D eigenvalue weighted by atomic mass is 35.5. The van der Waals surface area contributed by atoms with Crippen LogP contribution < -0.4 is 4.74 Å². The Labute approximate surface area is 188 Å². The van der Waals surface area contributed by atoms with Gasteiger partial charge >= 0.3 is 5.97 Å². The first-order chi connectivity index (χ1) is 14.9. The maximum absolute atomic E-state index is 12.7. The van der Waals surface area contributed by atoms with Crippen LogP contribution in [0.2, 0.25) is 5.02 Å². The van der Waals surface area contributed by atoms with E-state index in [2.05, 4.69) is 4.90 Å². The molecule has 1 unspecified atom stereocenters. The number of hydrogen-bond acceptors (Lipinski definition) is 7. The third kappa shape index (κ3) is 5.77. The number of methoxy groups -OCH3 is 2. The van der Waals surface area contributed by atoms with Crippen LogP contribution in [0.1, 0.15) is 11.6 Å². The molecule has 3 rings (SSSR count). The normalized spacial score (nSPS) is 16.6. The Balaban J connectivity index is 1.62. The van der Waals surface area contributed by atoms with Crippen molar-refractivity contribution >= 4 is 27.4 Å². The van der Waals surface area contributed by atoms with Gasteiger partial charge in [0.05, 0.1) is 24.9 Å². The highest BCUT2D eigenvalue weighted by Crippen LogP contribution is 2.29. The van der Waals surface area contributed by atoms with Gasteiger partial charge in [0, 0.05) is 37.7 Å². The monoisotopic (exact) mass is 466 g/mol. The number of halogens is 1. The minimum Gasteiger partial charge on any atom is -0.497 e. The molecular formula is C22H27ClN2O5S. The highest BCUT2D eigenvalue weighted by molar-refractivity contribution is 7.91. The molecule has 168 valence electrons. The first kappa shape index (κ1) is 23.5. The van der Waals surface area contributed by atoms with Gasteiger partial charge in [0.1, 0.15) is 11.8 Å². The summed E-state index contributed by atoms with van der Waals surface area (Å²) >= 11 is 6.33. The number of benzene rings is 2. The Morgan fingerprint density at radius 2 is 1.77 bits per heavy atom. The fraction of sp³-hybridized carbons (Fsp3) is 0.409. The van der Waals surface area contributed by atoms with E-state index in [0.29, 0.717) is 49.1 Å². The quantitative estimate of drug-likeness (QED) is 0.553. The van der Waals surface area contributed by atoms with Gasteiger partial charge in [0.25, 0.3) is 0 Å². The first-order valence-electron chi connectivity index (χ1n) is 10.0. The number of carbonyl (C=O) groups is 1. The number of hydrogen-bond donors (Lipinski definition) is 0. The fourth-order valence-electron chi connectivity index (χ4n) is 3.69. The Morgan fingerprint density at radius 3 is 2.42 bits per heavy atom. The van der Waals surface area contributed by atoms with Crippen molar-refractivity contribution in [2.45, 2.75) is 10.9 Å². The second kappa shape index (κ2) is 10.5. The summed E-state index contributed by atoms with van der Waals surface area (Å²) in [4.78, 5) is 16.9. The average Bonchev–Trinajstić information content (AvgIpc) is 2.80. The SMILES string of the molecule is COC(=O)C(c1ccccc1Cl)N1CCN(CCS(=O)(=O)c2cccc(OC)c2)CC1. The fourth-order valence-corrected chi connectivity index (χ4v) is 5.24. The summed E-state index contributed by atoms with van der Waals surface area (Å²) in [6.45, 7) is 2.91. The Morgan fingerprint density at radius 1 is 1.06 bits per heavy atom. The summed E-state index contributed by atoms with van der Waals surface area (Å²) < 4.78 is 35.5. The Bertz CT molecular complexity index is 1010. The lowest BCUT2D eigenvalue weighted by molar-refractivity contribution is -0.148. The van der Waals surface area contributed by atoms with Crippen LogP contribution in [0.15, 0.2) is 53.4 Å². The van der Waals surface area contributed by atoms with E-state index in [0.717, 1.165) is 0 Å². The molecule has 7 nitrogen and oxygen atoms in total. The van der Waals surface area contributed by atoms with Crippen LogP contribution in [0.4, 0.5) is 0 Å². The van der Waals surface area contributed by atoms with E-state index in [1.54, 1.807) is 24.3 Å². The molecule has 1 aliphatic rings. The van der Waals surface area contributed by atoms with Gasteiger partial charge in [0.2, 0.25) is 0 Å². The van der Waals surface area contributed by atoms with E-state index in [1.807, 2.05) is 23.1 Å². The lowest BCUT2D eigenvalue weighted by Crippen LogP contribution is -2.50. The second-order valence-electron chi connectivity index (χ2n) is 7.32. The summed E-state index contributed by atoms with van der Waals surface area (Å²) in [6, 6.07) is 13.2. The zero-order valence-electron chi connectivity index (χ0n) is 17.7. The van der Waals surface area contributed by atoms with Gasteiger partial charge in [-0.25, -0.2) is 13.2 Å². The molecule has 2 aromatic rings. The third-order valence-electron chi connectivity index (χ3n) is 5.47. The van der Waals surface area contributed by atoms with Crippen LogP contribution in [0, 0.1) is 0 Å². The van der Waals surface area contributed by atoms with Crippen molar-refractivity contribution in [1.29, 1.82) is 0 Å². The number of sulfone groups is 1. The van der Waals surface area contributed by atoms with Crippen LogP contribution in [-0.4, -0.2) is 76.9 Å². The molecule has 1 heterocycles. The predicted molar refractivity (Wildman–Crippen MR) is 119 cm³/mol. The summed E-state index contributed by atoms with van der Waals surface area (Å²) in [5.41, 5.74) is 0.713. The molecule has 2 aromatic carbocycles. The number of carbonyl (C=O) groups excluding carboxylic acids is 1. The van der Waals surface area contributed by atoms with Crippen molar-refractivity contribution in [3.05, 3.63) is 59.1 Å². The van der Waals surface area contributed by atoms with Crippen molar-refractivity contribution in [2.24, 2.45) is 0 Å². The average molecular weight is 467 g/mol. The molecule has 1 fully saturated rings. The molecule has 0 N–H and O–H groups in total. The van der Waals surface area contributed by atoms with E-state index < -0.39 is 15.9 Å². The van der Waals surface area contributed by atoms with Gasteiger partial charge in [-0.05, 0) is 29.8 Å². The van der Waals surface area contributed by atoms with E-state index in [1.165, 1.54) is 20.3 Å². The van der Waals surface area contributed by atoms with Crippen LogP contribution in [0.25, 0.3) is 0 Å². The first-order valence-corrected chi connectivity index (χ1v) is 12.0. The zero-order valence-corrected chi connectivity index (χ0v) is 19.2. The standard InChI is InChI=1S/C22H27ClN2O5S/c1-29-17-6-5-7-18(16-17)31(27,28)15-14-24-10-12-25(13-11-24)21(22(26)30-2)19-8-3-4-9-20(19)23/h3-9,16,21H,10-15H2,1-2H3. The number of nitrogens with zero attached hydrogens (tertiary/aromatic N) is 2. The summed E-state index contributed by atoms with van der Waals surface area (Å²) in [5, 5.41) is 0.518. The van der Waals surface area contributed by atoms with E-state index in [9.17, 15) is 13.2 Å². The number of ether oxygens (including phenoxy) is 2. The molecule has 0 aromatic heterocycles. The summed E-state index contributed by atoms with van der Waals surface area (Å²) in [7, 11) is -0.539. The smallest absolute Gasteiger partial charge is 0.327 e. The lowest BCUT2D eigenvalue weighted by atomic mass is 10.0. The van der Waals surface area contributed by atoms with Gasteiger partial charge < -0.3 is 9.47 Å². The van der Waals surface area contributed by atoms with Crippen molar-refractivity contribution in [1.82, 2.24) is 9.80 Å². The Kier molecular flexibility index (Phi) is 7.94. The van der Waals surface area contributed by atoms with Crippen LogP contribution in [0.3, 0.4) is 0 Å². The van der Waals surface area contributed by atoms with Crippen LogP contribution in [0.5, 0.6) is 5.75 Å². The molecule has 1 aliphatic heterocycles. The second-order valence-corrected chi connectivity index (χ2v) is 9.84. The van der Waals surface area contributed by atoms with Crippen LogP contribution >= 0.6 is 11.6 Å². The number of rotatable bonds is 8. The molecule has 0 bridgehead atoms. The van der Waals surface area contributed by atoms with Crippen molar-refractivity contribution in [3.8, 4) is 5.75 Å². The highest BCUT2D eigenvalue weighted by Gasteiger charge is 2.32. The van der Waals surface area contributed by atoms with Gasteiger partial charge in [0.15, 0.2) is 9.84 Å². The minimum absolute atomic E-state index is 0.0190. The molecule has 31 heavy (non-hydrogen) atoms. The van der Waals surface area contributed by atoms with Crippen LogP contribution in [-0.2, 0) is 19.4 Å². The molecular weight excluding hydrogens is 440 g/mol. The zero-order chi connectivity index (χ0) is 22.4. The molecule has 0 amide bonds. The van der Waals surface area contributed by atoms with Crippen molar-refractivity contribution in [2.75, 3.05) is 52.7 Å². The molecule has 0 aliphatic carbocycles. The third-order valence-corrected chi connectivity index (χ3v) is 7.51. The lowest BCUT2D eigenvalue weighted by Gasteiger charge is -2.38. The molecule has 1 atom stereocenters. The molecule has 0 spiro atoms.